The lowest BCUT2D eigenvalue weighted by Crippen LogP contribution is -2.58. The van der Waals surface area contributed by atoms with E-state index in [2.05, 4.69) is 5.32 Å². The van der Waals surface area contributed by atoms with E-state index >= 15 is 0 Å². The highest BCUT2D eigenvalue weighted by Crippen LogP contribution is 2.20. The number of piperazine rings is 1. The molecule has 2 saturated heterocycles. The molecule has 0 bridgehead atoms. The molecule has 16 heavy (non-hydrogen) atoms. The summed E-state index contributed by atoms with van der Waals surface area (Å²) in [6.45, 7) is 4.37. The second kappa shape index (κ2) is 4.69. The number of hydrogen-bond acceptors (Lipinski definition) is 3. The zero-order valence-electron chi connectivity index (χ0n) is 9.19. The third-order valence-electron chi connectivity index (χ3n) is 3.08. The first-order valence-electron chi connectivity index (χ1n) is 5.63. The van der Waals surface area contributed by atoms with Crippen molar-refractivity contribution in [3.8, 4) is 0 Å². The Hall–Kier alpha value is -1.30. The topological polar surface area (TPSA) is 72.9 Å². The van der Waals surface area contributed by atoms with Crippen molar-refractivity contribution >= 4 is 12.0 Å². The Labute approximate surface area is 94.2 Å². The normalized spacial score (nSPS) is 21.8. The number of urea groups is 1. The van der Waals surface area contributed by atoms with Gasteiger partial charge >= 0.3 is 12.0 Å². The average molecular weight is 227 g/mol. The van der Waals surface area contributed by atoms with Gasteiger partial charge in [-0.25, -0.2) is 4.79 Å². The molecule has 6 heteroatoms. The number of amides is 2. The molecule has 90 valence electrons. The highest BCUT2D eigenvalue weighted by molar-refractivity contribution is 5.76. The third-order valence-corrected chi connectivity index (χ3v) is 3.08. The number of aliphatic carboxylic acids is 1. The van der Waals surface area contributed by atoms with Gasteiger partial charge in [-0.05, 0) is 0 Å². The molecule has 2 aliphatic heterocycles. The van der Waals surface area contributed by atoms with Gasteiger partial charge in [-0.1, -0.05) is 0 Å². The van der Waals surface area contributed by atoms with Crippen LogP contribution in [0, 0.1) is 5.92 Å². The van der Waals surface area contributed by atoms with E-state index < -0.39 is 5.97 Å². The number of nitrogens with zero attached hydrogens (tertiary/aromatic N) is 2. The van der Waals surface area contributed by atoms with E-state index in [0.717, 1.165) is 26.2 Å². The molecule has 0 aromatic rings. The number of carbonyl (C=O) groups is 2. The standard InChI is InChI=1S/C10H17N3O3/c14-9(15)5-8-6-13(7-8)10(16)12-3-1-11-2-4-12/h8,11H,1-7H2,(H,14,15). The van der Waals surface area contributed by atoms with Gasteiger partial charge in [0.25, 0.3) is 0 Å². The van der Waals surface area contributed by atoms with Crippen LogP contribution < -0.4 is 5.32 Å². The molecule has 2 fully saturated rings. The highest BCUT2D eigenvalue weighted by Gasteiger charge is 2.34. The minimum absolute atomic E-state index is 0.0585. The van der Waals surface area contributed by atoms with Gasteiger partial charge in [-0.2, -0.15) is 0 Å². The lowest BCUT2D eigenvalue weighted by Gasteiger charge is -2.42. The maximum atomic E-state index is 11.9. The Morgan fingerprint density at radius 1 is 1.19 bits per heavy atom. The van der Waals surface area contributed by atoms with Crippen LogP contribution in [0.15, 0.2) is 0 Å². The van der Waals surface area contributed by atoms with E-state index in [1.54, 1.807) is 4.90 Å². The van der Waals surface area contributed by atoms with Gasteiger partial charge in [0.1, 0.15) is 0 Å². The molecule has 0 aromatic carbocycles. The number of nitrogens with one attached hydrogen (secondary N) is 1. The number of rotatable bonds is 2. The Balaban J connectivity index is 1.74. The van der Waals surface area contributed by atoms with E-state index in [1.807, 2.05) is 4.90 Å². The highest BCUT2D eigenvalue weighted by atomic mass is 16.4. The lowest BCUT2D eigenvalue weighted by molar-refractivity contribution is -0.139. The molecular weight excluding hydrogens is 210 g/mol. The molecule has 0 atom stereocenters. The van der Waals surface area contributed by atoms with Gasteiger partial charge in [-0.3, -0.25) is 4.79 Å². The Morgan fingerprint density at radius 3 is 2.38 bits per heavy atom. The van der Waals surface area contributed by atoms with Gasteiger partial charge in [-0.15, -0.1) is 0 Å². The molecule has 0 unspecified atom stereocenters. The summed E-state index contributed by atoms with van der Waals surface area (Å²) in [6, 6.07) is 0.0585. The molecule has 2 rings (SSSR count). The van der Waals surface area contributed by atoms with E-state index in [4.69, 9.17) is 5.11 Å². The molecule has 0 radical (unpaired) electrons. The molecule has 6 nitrogen and oxygen atoms in total. The van der Waals surface area contributed by atoms with E-state index in [0.29, 0.717) is 13.1 Å². The van der Waals surface area contributed by atoms with Crippen LogP contribution in [0.3, 0.4) is 0 Å². The van der Waals surface area contributed by atoms with Crippen LogP contribution in [-0.2, 0) is 4.79 Å². The molecule has 0 saturated carbocycles. The second-order valence-corrected chi connectivity index (χ2v) is 4.39. The molecular formula is C10H17N3O3. The first kappa shape index (κ1) is 11.2. The summed E-state index contributed by atoms with van der Waals surface area (Å²) in [5.41, 5.74) is 0. The third kappa shape index (κ3) is 2.44. The summed E-state index contributed by atoms with van der Waals surface area (Å²) < 4.78 is 0. The number of carbonyl (C=O) groups excluding carboxylic acids is 1. The molecule has 0 aromatic heterocycles. The number of hydrogen-bond donors (Lipinski definition) is 2. The molecule has 0 spiro atoms. The van der Waals surface area contributed by atoms with Crippen molar-refractivity contribution in [2.75, 3.05) is 39.3 Å². The molecule has 2 amide bonds. The largest absolute Gasteiger partial charge is 0.481 e. The van der Waals surface area contributed by atoms with Gasteiger partial charge in [0, 0.05) is 45.2 Å². The molecule has 0 aliphatic carbocycles. The van der Waals surface area contributed by atoms with Crippen LogP contribution in [-0.4, -0.2) is 66.2 Å². The maximum absolute atomic E-state index is 11.9. The Bertz CT molecular complexity index is 283. The fraction of sp³-hybridized carbons (Fsp3) is 0.800. The SMILES string of the molecule is O=C(O)CC1CN(C(=O)N2CCNCC2)C1. The van der Waals surface area contributed by atoms with Gasteiger partial charge < -0.3 is 20.2 Å². The van der Waals surface area contributed by atoms with Crippen LogP contribution in [0.25, 0.3) is 0 Å². The Kier molecular flexibility index (Phi) is 3.28. The van der Waals surface area contributed by atoms with Crippen LogP contribution in [0.4, 0.5) is 4.79 Å². The van der Waals surface area contributed by atoms with E-state index in [-0.39, 0.29) is 18.4 Å². The summed E-state index contributed by atoms with van der Waals surface area (Å²) in [7, 11) is 0. The minimum Gasteiger partial charge on any atom is -0.481 e. The fourth-order valence-electron chi connectivity index (χ4n) is 2.16. The quantitative estimate of drug-likeness (QED) is 0.662. The molecule has 2 heterocycles. The van der Waals surface area contributed by atoms with Gasteiger partial charge in [0.15, 0.2) is 0 Å². The zero-order chi connectivity index (χ0) is 11.5. The number of likely N-dealkylation sites (tertiary alicyclic amines) is 1. The lowest BCUT2D eigenvalue weighted by atomic mass is 9.97. The van der Waals surface area contributed by atoms with Gasteiger partial charge in [0.2, 0.25) is 0 Å². The second-order valence-electron chi connectivity index (χ2n) is 4.39. The monoisotopic (exact) mass is 227 g/mol. The molecule has 2 N–H and O–H groups in total. The van der Waals surface area contributed by atoms with Crippen LogP contribution in [0.5, 0.6) is 0 Å². The van der Waals surface area contributed by atoms with Crippen molar-refractivity contribution in [2.45, 2.75) is 6.42 Å². The van der Waals surface area contributed by atoms with Gasteiger partial charge in [0.05, 0.1) is 6.42 Å². The smallest absolute Gasteiger partial charge is 0.320 e. The van der Waals surface area contributed by atoms with Crippen LogP contribution in [0.2, 0.25) is 0 Å². The van der Waals surface area contributed by atoms with Crippen molar-refractivity contribution in [1.29, 1.82) is 0 Å². The summed E-state index contributed by atoms with van der Waals surface area (Å²) in [5, 5.41) is 11.8. The first-order valence-corrected chi connectivity index (χ1v) is 5.63. The van der Waals surface area contributed by atoms with E-state index in [1.165, 1.54) is 0 Å². The summed E-state index contributed by atoms with van der Waals surface area (Å²) >= 11 is 0. The summed E-state index contributed by atoms with van der Waals surface area (Å²) in [5.74, 6) is -0.636. The zero-order valence-corrected chi connectivity index (χ0v) is 9.19. The van der Waals surface area contributed by atoms with E-state index in [9.17, 15) is 9.59 Å². The summed E-state index contributed by atoms with van der Waals surface area (Å²) in [6.07, 6.45) is 0.172. The average Bonchev–Trinajstić information content (AvgIpc) is 2.23. The summed E-state index contributed by atoms with van der Waals surface area (Å²) in [4.78, 5) is 25.9. The van der Waals surface area contributed by atoms with Crippen molar-refractivity contribution in [2.24, 2.45) is 5.92 Å². The fourth-order valence-corrected chi connectivity index (χ4v) is 2.16. The first-order chi connectivity index (χ1) is 7.66. The predicted octanol–water partition coefficient (Wildman–Crippen LogP) is -0.582. The van der Waals surface area contributed by atoms with Crippen LogP contribution in [0.1, 0.15) is 6.42 Å². The van der Waals surface area contributed by atoms with Crippen molar-refractivity contribution in [1.82, 2.24) is 15.1 Å². The maximum Gasteiger partial charge on any atom is 0.320 e. The van der Waals surface area contributed by atoms with Crippen molar-refractivity contribution in [3.05, 3.63) is 0 Å². The van der Waals surface area contributed by atoms with Crippen molar-refractivity contribution in [3.63, 3.8) is 0 Å². The van der Waals surface area contributed by atoms with Crippen molar-refractivity contribution < 1.29 is 14.7 Å². The van der Waals surface area contributed by atoms with Crippen LogP contribution >= 0.6 is 0 Å². The molecule has 2 aliphatic rings. The number of carboxylic acids is 1. The predicted molar refractivity (Wildman–Crippen MR) is 57.2 cm³/mol. The number of carboxylic acid groups (broad SMARTS) is 1. The Morgan fingerprint density at radius 2 is 1.81 bits per heavy atom. The minimum atomic E-state index is -0.778.